The smallest absolute Gasteiger partial charge is 0.259 e. The average molecular weight is 464 g/mol. The summed E-state index contributed by atoms with van der Waals surface area (Å²) in [6.07, 6.45) is 0. The summed E-state index contributed by atoms with van der Waals surface area (Å²) >= 11 is 12.2. The lowest BCUT2D eigenvalue weighted by Crippen LogP contribution is -2.50. The second-order valence-corrected chi connectivity index (χ2v) is 8.08. The number of rotatable bonds is 5. The Balaban J connectivity index is 1.60. The minimum Gasteiger partial charge on any atom is -0.484 e. The van der Waals surface area contributed by atoms with E-state index in [1.54, 1.807) is 66.4 Å². The normalized spacial score (nSPS) is 13.7. The summed E-state index contributed by atoms with van der Waals surface area (Å²) < 4.78 is 5.49. The van der Waals surface area contributed by atoms with Gasteiger partial charge >= 0.3 is 0 Å². The summed E-state index contributed by atoms with van der Waals surface area (Å²) in [5.74, 6) is -0.0828. The number of carbonyl (C=O) groups is 3. The van der Waals surface area contributed by atoms with Crippen molar-refractivity contribution in [1.82, 2.24) is 14.7 Å². The Bertz CT molecular complexity index is 988. The standard InChI is InChI=1S/C22H23Cl2N3O4/c1-25(2)19(28)14-31-16-6-3-5-15(13-16)21(29)26-9-11-27(12-10-26)22(30)17-7-4-8-18(23)20(17)24/h3-8,13H,9-12,14H2,1-2H3. The monoisotopic (exact) mass is 463 g/mol. The van der Waals surface area contributed by atoms with E-state index in [1.165, 1.54) is 4.90 Å². The largest absolute Gasteiger partial charge is 0.484 e. The molecule has 0 spiro atoms. The third-order valence-electron chi connectivity index (χ3n) is 4.98. The summed E-state index contributed by atoms with van der Waals surface area (Å²) in [6, 6.07) is 11.7. The Morgan fingerprint density at radius 1 is 0.935 bits per heavy atom. The number of nitrogens with zero attached hydrogens (tertiary/aromatic N) is 3. The fourth-order valence-corrected chi connectivity index (χ4v) is 3.51. The first-order chi connectivity index (χ1) is 14.8. The van der Waals surface area contributed by atoms with Crippen LogP contribution in [0.1, 0.15) is 20.7 Å². The maximum atomic E-state index is 12.9. The average Bonchev–Trinajstić information content (AvgIpc) is 2.78. The van der Waals surface area contributed by atoms with Crippen molar-refractivity contribution in [3.8, 4) is 5.75 Å². The zero-order valence-electron chi connectivity index (χ0n) is 17.3. The molecule has 2 aromatic carbocycles. The molecule has 0 saturated carbocycles. The highest BCUT2D eigenvalue weighted by atomic mass is 35.5. The lowest BCUT2D eigenvalue weighted by Gasteiger charge is -2.35. The van der Waals surface area contributed by atoms with E-state index < -0.39 is 0 Å². The van der Waals surface area contributed by atoms with Crippen LogP contribution in [0.25, 0.3) is 0 Å². The van der Waals surface area contributed by atoms with Gasteiger partial charge in [0.2, 0.25) is 0 Å². The van der Waals surface area contributed by atoms with Gasteiger partial charge in [-0.2, -0.15) is 0 Å². The SMILES string of the molecule is CN(C)C(=O)COc1cccc(C(=O)N2CCN(C(=O)c3cccc(Cl)c3Cl)CC2)c1. The highest BCUT2D eigenvalue weighted by Crippen LogP contribution is 2.27. The molecule has 1 fully saturated rings. The van der Waals surface area contributed by atoms with Crippen LogP contribution in [0.3, 0.4) is 0 Å². The molecule has 7 nitrogen and oxygen atoms in total. The maximum Gasteiger partial charge on any atom is 0.259 e. The molecule has 0 aliphatic carbocycles. The molecular formula is C22H23Cl2N3O4. The number of hydrogen-bond donors (Lipinski definition) is 0. The van der Waals surface area contributed by atoms with Crippen molar-refractivity contribution in [3.63, 3.8) is 0 Å². The first kappa shape index (κ1) is 22.9. The predicted molar refractivity (Wildman–Crippen MR) is 119 cm³/mol. The van der Waals surface area contributed by atoms with Crippen LogP contribution >= 0.6 is 23.2 Å². The number of benzene rings is 2. The minimum atomic E-state index is -0.208. The van der Waals surface area contributed by atoms with Crippen molar-refractivity contribution in [3.05, 3.63) is 63.6 Å². The molecule has 3 amide bonds. The summed E-state index contributed by atoms with van der Waals surface area (Å²) in [5.41, 5.74) is 0.818. The van der Waals surface area contributed by atoms with Gasteiger partial charge in [-0.1, -0.05) is 35.3 Å². The zero-order valence-corrected chi connectivity index (χ0v) is 18.8. The van der Waals surface area contributed by atoms with Crippen molar-refractivity contribution in [2.24, 2.45) is 0 Å². The highest BCUT2D eigenvalue weighted by molar-refractivity contribution is 6.43. The number of piperazine rings is 1. The third-order valence-corrected chi connectivity index (χ3v) is 5.80. The molecule has 0 unspecified atom stereocenters. The van der Waals surface area contributed by atoms with E-state index in [0.29, 0.717) is 48.1 Å². The molecule has 1 aliphatic rings. The van der Waals surface area contributed by atoms with E-state index in [-0.39, 0.29) is 29.4 Å². The molecule has 0 atom stereocenters. The fraction of sp³-hybridized carbons (Fsp3) is 0.318. The first-order valence-electron chi connectivity index (χ1n) is 9.73. The van der Waals surface area contributed by atoms with Crippen molar-refractivity contribution >= 4 is 40.9 Å². The third kappa shape index (κ3) is 5.48. The molecule has 9 heteroatoms. The maximum absolute atomic E-state index is 12.9. The van der Waals surface area contributed by atoms with Crippen molar-refractivity contribution < 1.29 is 19.1 Å². The van der Waals surface area contributed by atoms with Gasteiger partial charge < -0.3 is 19.4 Å². The quantitative estimate of drug-likeness (QED) is 0.682. The van der Waals surface area contributed by atoms with E-state index in [2.05, 4.69) is 0 Å². The van der Waals surface area contributed by atoms with Crippen LogP contribution in [0.2, 0.25) is 10.0 Å². The van der Waals surface area contributed by atoms with Crippen LogP contribution < -0.4 is 4.74 Å². The van der Waals surface area contributed by atoms with Gasteiger partial charge in [-0.25, -0.2) is 0 Å². The fourth-order valence-electron chi connectivity index (χ4n) is 3.13. The van der Waals surface area contributed by atoms with Gasteiger partial charge in [0.1, 0.15) is 5.75 Å². The summed E-state index contributed by atoms with van der Waals surface area (Å²) in [7, 11) is 3.30. The van der Waals surface area contributed by atoms with E-state index in [0.717, 1.165) is 0 Å². The van der Waals surface area contributed by atoms with Gasteiger partial charge in [0.25, 0.3) is 17.7 Å². The van der Waals surface area contributed by atoms with Crippen LogP contribution in [0, 0.1) is 0 Å². The van der Waals surface area contributed by atoms with Gasteiger partial charge in [0, 0.05) is 45.8 Å². The predicted octanol–water partition coefficient (Wildman–Crippen LogP) is 3.06. The Labute approximate surface area is 191 Å². The van der Waals surface area contributed by atoms with Crippen molar-refractivity contribution in [2.75, 3.05) is 46.9 Å². The molecule has 0 radical (unpaired) electrons. The number of carbonyl (C=O) groups excluding carboxylic acids is 3. The van der Waals surface area contributed by atoms with E-state index in [9.17, 15) is 14.4 Å². The molecule has 0 N–H and O–H groups in total. The molecular weight excluding hydrogens is 441 g/mol. The zero-order chi connectivity index (χ0) is 22.5. The molecule has 164 valence electrons. The number of likely N-dealkylation sites (N-methyl/N-ethyl adjacent to an activating group) is 1. The summed E-state index contributed by atoms with van der Waals surface area (Å²) in [4.78, 5) is 42.1. The van der Waals surface area contributed by atoms with E-state index in [1.807, 2.05) is 0 Å². The topological polar surface area (TPSA) is 70.2 Å². The number of amides is 3. The second kappa shape index (κ2) is 10.0. The van der Waals surface area contributed by atoms with E-state index >= 15 is 0 Å². The number of hydrogen-bond acceptors (Lipinski definition) is 4. The van der Waals surface area contributed by atoms with Gasteiger partial charge in [-0.3, -0.25) is 14.4 Å². The van der Waals surface area contributed by atoms with Crippen LogP contribution in [0.15, 0.2) is 42.5 Å². The van der Waals surface area contributed by atoms with Crippen LogP contribution in [0.4, 0.5) is 0 Å². The van der Waals surface area contributed by atoms with Gasteiger partial charge in [-0.15, -0.1) is 0 Å². The molecule has 0 bridgehead atoms. The molecule has 2 aromatic rings. The molecule has 0 aromatic heterocycles. The highest BCUT2D eigenvalue weighted by Gasteiger charge is 2.27. The molecule has 31 heavy (non-hydrogen) atoms. The van der Waals surface area contributed by atoms with Gasteiger partial charge in [0.05, 0.1) is 15.6 Å². The van der Waals surface area contributed by atoms with Crippen molar-refractivity contribution in [2.45, 2.75) is 0 Å². The summed E-state index contributed by atoms with van der Waals surface area (Å²) in [5, 5.41) is 0.563. The lowest BCUT2D eigenvalue weighted by atomic mass is 10.1. The minimum absolute atomic E-state index is 0.0997. The van der Waals surface area contributed by atoms with Crippen molar-refractivity contribution in [1.29, 1.82) is 0 Å². The molecule has 3 rings (SSSR count). The number of halogens is 2. The second-order valence-electron chi connectivity index (χ2n) is 7.29. The molecule has 1 saturated heterocycles. The van der Waals surface area contributed by atoms with Gasteiger partial charge in [0.15, 0.2) is 6.61 Å². The Morgan fingerprint density at radius 2 is 1.55 bits per heavy atom. The molecule has 1 aliphatic heterocycles. The van der Waals surface area contributed by atoms with Gasteiger partial charge in [-0.05, 0) is 30.3 Å². The Morgan fingerprint density at radius 3 is 2.19 bits per heavy atom. The van der Waals surface area contributed by atoms with Crippen LogP contribution in [0.5, 0.6) is 5.75 Å². The molecule has 1 heterocycles. The van der Waals surface area contributed by atoms with Crippen LogP contribution in [-0.2, 0) is 4.79 Å². The summed E-state index contributed by atoms with van der Waals surface area (Å²) in [6.45, 7) is 1.47. The number of ether oxygens (including phenoxy) is 1. The first-order valence-corrected chi connectivity index (χ1v) is 10.5. The van der Waals surface area contributed by atoms with E-state index in [4.69, 9.17) is 27.9 Å². The lowest BCUT2D eigenvalue weighted by molar-refractivity contribution is -0.130. The Hall–Kier alpha value is -2.77. The van der Waals surface area contributed by atoms with Crippen LogP contribution in [-0.4, -0.2) is 79.3 Å². The Kier molecular flexibility index (Phi) is 7.41.